The van der Waals surface area contributed by atoms with Crippen LogP contribution in [0.5, 0.6) is 0 Å². The van der Waals surface area contributed by atoms with Crippen LogP contribution < -0.4 is 10.9 Å². The molecule has 0 atom stereocenters. The fourth-order valence-electron chi connectivity index (χ4n) is 1.41. The first-order valence-corrected chi connectivity index (χ1v) is 6.34. The standard InChI is InChI=1S/C14H18N2O4/c1-3-20-13(18)9-8-12(17)15-16-14(19)11-6-4-10(2)5-7-11/h4-7H,3,8-9H2,1-2H3,(H,15,17)(H,16,19). The average molecular weight is 278 g/mol. The summed E-state index contributed by atoms with van der Waals surface area (Å²) in [6.45, 7) is 3.89. The van der Waals surface area contributed by atoms with E-state index in [0.29, 0.717) is 5.56 Å². The van der Waals surface area contributed by atoms with Crippen molar-refractivity contribution in [1.82, 2.24) is 10.9 Å². The Labute approximate surface area is 117 Å². The Hall–Kier alpha value is -2.37. The number of amides is 2. The van der Waals surface area contributed by atoms with Crippen molar-refractivity contribution in [1.29, 1.82) is 0 Å². The van der Waals surface area contributed by atoms with Crippen LogP contribution in [0.3, 0.4) is 0 Å². The summed E-state index contributed by atoms with van der Waals surface area (Å²) in [6, 6.07) is 6.93. The minimum atomic E-state index is -0.446. The van der Waals surface area contributed by atoms with Gasteiger partial charge in [-0.05, 0) is 26.0 Å². The van der Waals surface area contributed by atoms with E-state index in [1.54, 1.807) is 31.2 Å². The Morgan fingerprint density at radius 3 is 2.30 bits per heavy atom. The van der Waals surface area contributed by atoms with Crippen molar-refractivity contribution in [3.8, 4) is 0 Å². The van der Waals surface area contributed by atoms with Crippen molar-refractivity contribution >= 4 is 17.8 Å². The number of benzene rings is 1. The maximum Gasteiger partial charge on any atom is 0.306 e. The van der Waals surface area contributed by atoms with Gasteiger partial charge < -0.3 is 4.74 Å². The number of rotatable bonds is 5. The molecule has 0 radical (unpaired) electrons. The number of aryl methyl sites for hydroxylation is 1. The summed E-state index contributed by atoms with van der Waals surface area (Å²) in [5.41, 5.74) is 6.02. The highest BCUT2D eigenvalue weighted by Gasteiger charge is 2.09. The molecule has 2 amide bonds. The van der Waals surface area contributed by atoms with Crippen LogP contribution in [0.2, 0.25) is 0 Å². The van der Waals surface area contributed by atoms with Crippen LogP contribution in [0, 0.1) is 6.92 Å². The van der Waals surface area contributed by atoms with Gasteiger partial charge in [-0.1, -0.05) is 17.7 Å². The first kappa shape index (κ1) is 15.7. The van der Waals surface area contributed by atoms with E-state index in [2.05, 4.69) is 10.9 Å². The minimum absolute atomic E-state index is 0.0138. The summed E-state index contributed by atoms with van der Waals surface area (Å²) in [6.07, 6.45) is -0.0485. The van der Waals surface area contributed by atoms with E-state index in [1.807, 2.05) is 6.92 Å². The second kappa shape index (κ2) is 7.93. The molecule has 2 N–H and O–H groups in total. The molecule has 0 saturated heterocycles. The Morgan fingerprint density at radius 1 is 1.05 bits per heavy atom. The van der Waals surface area contributed by atoms with Crippen molar-refractivity contribution in [3.63, 3.8) is 0 Å². The summed E-state index contributed by atoms with van der Waals surface area (Å²) < 4.78 is 4.69. The summed E-state index contributed by atoms with van der Waals surface area (Å²) in [7, 11) is 0. The van der Waals surface area contributed by atoms with Gasteiger partial charge in [-0.2, -0.15) is 0 Å². The second-order valence-electron chi connectivity index (χ2n) is 4.17. The Kier molecular flexibility index (Phi) is 6.22. The van der Waals surface area contributed by atoms with Gasteiger partial charge in [0.2, 0.25) is 5.91 Å². The minimum Gasteiger partial charge on any atom is -0.466 e. The van der Waals surface area contributed by atoms with Gasteiger partial charge in [0.1, 0.15) is 0 Å². The zero-order valence-electron chi connectivity index (χ0n) is 11.6. The van der Waals surface area contributed by atoms with Crippen LogP contribution in [0.25, 0.3) is 0 Å². The van der Waals surface area contributed by atoms with E-state index >= 15 is 0 Å². The number of esters is 1. The molecule has 1 rings (SSSR count). The van der Waals surface area contributed by atoms with E-state index in [4.69, 9.17) is 4.74 Å². The van der Waals surface area contributed by atoms with E-state index < -0.39 is 17.8 Å². The third-order valence-electron chi connectivity index (χ3n) is 2.49. The summed E-state index contributed by atoms with van der Waals surface area (Å²) in [4.78, 5) is 34.1. The molecule has 0 bridgehead atoms. The molecule has 20 heavy (non-hydrogen) atoms. The zero-order chi connectivity index (χ0) is 15.0. The SMILES string of the molecule is CCOC(=O)CCC(=O)NNC(=O)c1ccc(C)cc1. The number of carbonyl (C=O) groups is 3. The first-order valence-electron chi connectivity index (χ1n) is 6.34. The van der Waals surface area contributed by atoms with Crippen LogP contribution in [-0.2, 0) is 14.3 Å². The highest BCUT2D eigenvalue weighted by atomic mass is 16.5. The van der Waals surface area contributed by atoms with Gasteiger partial charge in [0.05, 0.1) is 13.0 Å². The number of nitrogens with one attached hydrogen (secondary N) is 2. The molecule has 108 valence electrons. The molecule has 6 nitrogen and oxygen atoms in total. The smallest absolute Gasteiger partial charge is 0.306 e. The Bertz CT molecular complexity index is 482. The molecule has 0 spiro atoms. The lowest BCUT2D eigenvalue weighted by Gasteiger charge is -2.07. The topological polar surface area (TPSA) is 84.5 Å². The molecular formula is C14H18N2O4. The molecule has 0 unspecified atom stereocenters. The molecule has 0 aliphatic heterocycles. The zero-order valence-corrected chi connectivity index (χ0v) is 11.6. The van der Waals surface area contributed by atoms with Crippen LogP contribution >= 0.6 is 0 Å². The maximum atomic E-state index is 11.7. The second-order valence-corrected chi connectivity index (χ2v) is 4.17. The van der Waals surface area contributed by atoms with Crippen LogP contribution in [-0.4, -0.2) is 24.4 Å². The van der Waals surface area contributed by atoms with Crippen molar-refractivity contribution in [2.75, 3.05) is 6.61 Å². The summed E-state index contributed by atoms with van der Waals surface area (Å²) in [5, 5.41) is 0. The number of hydrazine groups is 1. The lowest BCUT2D eigenvalue weighted by atomic mass is 10.1. The molecule has 1 aromatic rings. The van der Waals surface area contributed by atoms with Crippen molar-refractivity contribution in [2.45, 2.75) is 26.7 Å². The van der Waals surface area contributed by atoms with E-state index in [-0.39, 0.29) is 19.4 Å². The number of ether oxygens (including phenoxy) is 1. The number of hydrogen-bond acceptors (Lipinski definition) is 4. The average Bonchev–Trinajstić information content (AvgIpc) is 2.43. The van der Waals surface area contributed by atoms with Crippen molar-refractivity contribution in [3.05, 3.63) is 35.4 Å². The quantitative estimate of drug-likeness (QED) is 0.624. The molecule has 0 saturated carbocycles. The summed E-state index contributed by atoms with van der Waals surface area (Å²) in [5.74, 6) is -1.29. The first-order chi connectivity index (χ1) is 9.52. The molecule has 0 aliphatic carbocycles. The molecule has 6 heteroatoms. The lowest BCUT2D eigenvalue weighted by molar-refractivity contribution is -0.144. The maximum absolute atomic E-state index is 11.7. The van der Waals surface area contributed by atoms with Crippen molar-refractivity contribution < 1.29 is 19.1 Å². The lowest BCUT2D eigenvalue weighted by Crippen LogP contribution is -2.41. The Balaban J connectivity index is 2.32. The molecule has 0 aliphatic rings. The third-order valence-corrected chi connectivity index (χ3v) is 2.49. The molecule has 0 aromatic heterocycles. The largest absolute Gasteiger partial charge is 0.466 e. The van der Waals surface area contributed by atoms with Gasteiger partial charge in [-0.3, -0.25) is 25.2 Å². The van der Waals surface area contributed by atoms with Gasteiger partial charge >= 0.3 is 5.97 Å². The predicted octanol–water partition coefficient (Wildman–Crippen LogP) is 1.10. The third kappa shape index (κ3) is 5.51. The molecule has 0 heterocycles. The van der Waals surface area contributed by atoms with Crippen LogP contribution in [0.15, 0.2) is 24.3 Å². The fraction of sp³-hybridized carbons (Fsp3) is 0.357. The monoisotopic (exact) mass is 278 g/mol. The molecule has 0 fully saturated rings. The fourth-order valence-corrected chi connectivity index (χ4v) is 1.41. The van der Waals surface area contributed by atoms with Crippen LogP contribution in [0.1, 0.15) is 35.7 Å². The van der Waals surface area contributed by atoms with Gasteiger partial charge in [0, 0.05) is 12.0 Å². The normalized spacial score (nSPS) is 9.70. The van der Waals surface area contributed by atoms with E-state index in [1.165, 1.54) is 0 Å². The van der Waals surface area contributed by atoms with Crippen LogP contribution in [0.4, 0.5) is 0 Å². The number of carbonyl (C=O) groups excluding carboxylic acids is 3. The van der Waals surface area contributed by atoms with Gasteiger partial charge in [0.15, 0.2) is 0 Å². The highest BCUT2D eigenvalue weighted by Crippen LogP contribution is 2.02. The van der Waals surface area contributed by atoms with Gasteiger partial charge in [-0.15, -0.1) is 0 Å². The summed E-state index contributed by atoms with van der Waals surface area (Å²) >= 11 is 0. The molecular weight excluding hydrogens is 260 g/mol. The van der Waals surface area contributed by atoms with E-state index in [0.717, 1.165) is 5.56 Å². The predicted molar refractivity (Wildman–Crippen MR) is 72.7 cm³/mol. The van der Waals surface area contributed by atoms with Crippen molar-refractivity contribution in [2.24, 2.45) is 0 Å². The highest BCUT2D eigenvalue weighted by molar-refractivity contribution is 5.95. The number of hydrogen-bond donors (Lipinski definition) is 2. The van der Waals surface area contributed by atoms with Gasteiger partial charge in [0.25, 0.3) is 5.91 Å². The Morgan fingerprint density at radius 2 is 1.70 bits per heavy atom. The van der Waals surface area contributed by atoms with Gasteiger partial charge in [-0.25, -0.2) is 0 Å². The van der Waals surface area contributed by atoms with E-state index in [9.17, 15) is 14.4 Å². The molecule has 1 aromatic carbocycles.